The van der Waals surface area contributed by atoms with Crippen molar-refractivity contribution >= 4 is 79.7 Å². The second-order valence-corrected chi connectivity index (χ2v) is 33.5. The molecule has 0 N–H and O–H groups in total. The number of pyridine rings is 2. The molecule has 2 aliphatic rings. The van der Waals surface area contributed by atoms with Crippen LogP contribution >= 0.6 is 45.3 Å². The number of unbranched alkanes of at least 4 members (excludes halogenated alkanes) is 32. The van der Waals surface area contributed by atoms with E-state index in [-0.39, 0.29) is 35.5 Å². The Morgan fingerprint density at radius 2 is 0.520 bits per heavy atom. The zero-order valence-electron chi connectivity index (χ0n) is 61.3. The van der Waals surface area contributed by atoms with Crippen molar-refractivity contribution in [1.29, 1.82) is 0 Å². The molecule has 0 spiro atoms. The molecule has 0 bridgehead atoms. The number of nitrogens with zero attached hydrogens (tertiary/aromatic N) is 4. The van der Waals surface area contributed by atoms with E-state index >= 15 is 19.2 Å². The molecule has 10 rings (SSSR count). The quantitative estimate of drug-likeness (QED) is 0.0278. The Balaban J connectivity index is 1.04. The van der Waals surface area contributed by atoms with Crippen LogP contribution < -0.4 is 0 Å². The number of benzene rings is 2. The predicted molar refractivity (Wildman–Crippen MR) is 429 cm³/mol. The Morgan fingerprint density at radius 1 is 0.280 bits per heavy atom. The number of carbonyl (C=O) groups excluding carboxylic acids is 4. The normalized spacial score (nSPS) is 13.6. The topological polar surface area (TPSA) is 101 Å². The van der Waals surface area contributed by atoms with Gasteiger partial charge in [-0.2, -0.15) is 0 Å². The number of hydrogen-bond donors (Lipinski definition) is 0. The Kier molecular flexibility index (Phi) is 31.8. The molecule has 100 heavy (non-hydrogen) atoms. The molecule has 2 aliphatic heterocycles. The van der Waals surface area contributed by atoms with E-state index in [2.05, 4.69) is 86.2 Å². The van der Waals surface area contributed by atoms with E-state index in [9.17, 15) is 0 Å². The first kappa shape index (κ1) is 76.7. The fourth-order valence-electron chi connectivity index (χ4n) is 15.5. The highest BCUT2D eigenvalue weighted by atomic mass is 32.1. The van der Waals surface area contributed by atoms with Crippen LogP contribution in [0.3, 0.4) is 0 Å². The molecule has 0 aliphatic carbocycles. The lowest BCUT2D eigenvalue weighted by molar-refractivity contribution is 0.0557. The maximum Gasteiger partial charge on any atom is 0.262 e. The van der Waals surface area contributed by atoms with Crippen LogP contribution in [0.5, 0.6) is 0 Å². The predicted octanol–water partition coefficient (Wildman–Crippen LogP) is 28.0. The molecule has 0 fully saturated rings. The summed E-state index contributed by atoms with van der Waals surface area (Å²) in [5.41, 5.74) is 5.20. The largest absolute Gasteiger partial charge is 0.274 e. The molecule has 0 radical (unpaired) electrons. The van der Waals surface area contributed by atoms with Crippen molar-refractivity contribution in [2.75, 3.05) is 13.1 Å². The maximum absolute atomic E-state index is 16.3. The van der Waals surface area contributed by atoms with Crippen LogP contribution in [-0.4, -0.2) is 56.5 Å². The average Bonchev–Trinajstić information content (AvgIpc) is 0.814. The number of hydrogen-bond acceptors (Lipinski definition) is 10. The summed E-state index contributed by atoms with van der Waals surface area (Å²) in [6.45, 7) is 9.77. The van der Waals surface area contributed by atoms with Gasteiger partial charge in [-0.1, -0.05) is 259 Å². The highest BCUT2D eigenvalue weighted by Crippen LogP contribution is 2.51. The first-order valence-corrected chi connectivity index (χ1v) is 43.1. The van der Waals surface area contributed by atoms with Crippen molar-refractivity contribution in [3.63, 3.8) is 0 Å². The lowest BCUT2D eigenvalue weighted by Crippen LogP contribution is -2.46. The molecule has 6 aromatic heterocycles. The lowest BCUT2D eigenvalue weighted by Gasteiger charge is -2.36. The average molecular weight is 1420 g/mol. The summed E-state index contributed by atoms with van der Waals surface area (Å²) in [7, 11) is 0. The molecule has 0 saturated heterocycles. The number of amides is 4. The monoisotopic (exact) mass is 1420 g/mol. The number of rotatable bonds is 50. The van der Waals surface area contributed by atoms with Gasteiger partial charge in [0.25, 0.3) is 23.6 Å². The molecule has 8 aromatic rings. The summed E-state index contributed by atoms with van der Waals surface area (Å²) in [6, 6.07) is 29.3. The van der Waals surface area contributed by atoms with Gasteiger partial charge in [0, 0.05) is 110 Å². The first-order valence-electron chi connectivity index (χ1n) is 39.8. The highest BCUT2D eigenvalue weighted by Gasteiger charge is 2.44. The van der Waals surface area contributed by atoms with Gasteiger partial charge in [0.15, 0.2) is 0 Å². The second kappa shape index (κ2) is 41.4. The van der Waals surface area contributed by atoms with E-state index in [1.54, 1.807) is 55.1 Å². The molecule has 12 heteroatoms. The number of imide groups is 2. The van der Waals surface area contributed by atoms with Crippen molar-refractivity contribution in [2.45, 2.75) is 285 Å². The van der Waals surface area contributed by atoms with Gasteiger partial charge in [0.05, 0.1) is 11.1 Å². The summed E-state index contributed by atoms with van der Waals surface area (Å²) >= 11 is 6.69. The SMILES string of the molecule is CCCCCCCCCCCCC(CCCCCCCCCC)CN1C(=O)c2cc(-c3ccc(-c4ccc(-c5ccncc5)s4)s3)c3c4c(cc(-c5ccc(-c6ccc(-c7ccncc7)s6)s5)c(c24)C1=O)C(=O)N(CC(CCCCCCCCCC)CCCCCCCCCCCC)C3=O. The van der Waals surface area contributed by atoms with Gasteiger partial charge in [0.1, 0.15) is 0 Å². The van der Waals surface area contributed by atoms with Gasteiger partial charge in [-0.25, -0.2) is 0 Å². The van der Waals surface area contributed by atoms with Crippen molar-refractivity contribution < 1.29 is 19.2 Å². The number of aromatic nitrogens is 2. The molecule has 2 atom stereocenters. The molecule has 0 saturated carbocycles. The van der Waals surface area contributed by atoms with Gasteiger partial charge in [-0.3, -0.25) is 38.9 Å². The summed E-state index contributed by atoms with van der Waals surface area (Å²) in [4.78, 5) is 85.1. The minimum Gasteiger partial charge on any atom is -0.274 e. The second-order valence-electron chi connectivity index (χ2n) is 29.2. The fourth-order valence-corrected chi connectivity index (χ4v) is 19.8. The van der Waals surface area contributed by atoms with Crippen LogP contribution in [0.25, 0.3) is 72.0 Å². The first-order chi connectivity index (χ1) is 49.2. The Hall–Kier alpha value is -5.92. The van der Waals surface area contributed by atoms with Gasteiger partial charge < -0.3 is 0 Å². The molecular formula is C88H116N4O4S4. The van der Waals surface area contributed by atoms with E-state index in [1.165, 1.54) is 180 Å². The molecule has 8 heterocycles. The smallest absolute Gasteiger partial charge is 0.262 e. The van der Waals surface area contributed by atoms with Crippen LogP contribution in [0.1, 0.15) is 326 Å². The zero-order valence-corrected chi connectivity index (χ0v) is 64.6. The van der Waals surface area contributed by atoms with E-state index in [4.69, 9.17) is 0 Å². The maximum atomic E-state index is 16.3. The number of thiophene rings is 4. The standard InChI is InChI=1S/C88H116N4O4S4/c1-5-9-13-17-21-25-27-31-35-39-43-65(41-37-33-29-23-19-15-11-7-3)63-91-85(93)71-61-70(76-48-52-80(100-76)78-50-46-74(98-78)68-55-59-90-60-56-68)84-82-72(62-69(83(81(71)82)87(91)95)75-47-51-79(99-75)77-49-45-73(97-77)67-53-57-89-58-54-67)86(94)92(88(84)96)64-66(42-38-34-30-24-20-16-12-8-4)44-40-36-32-28-26-22-18-14-10-6-2/h45-62,65-66H,5-44,63-64H2,1-4H3. The minimum absolute atomic E-state index is 0.139. The van der Waals surface area contributed by atoms with Crippen molar-refractivity contribution in [2.24, 2.45) is 11.8 Å². The molecule has 536 valence electrons. The summed E-state index contributed by atoms with van der Waals surface area (Å²) in [5, 5.41) is 0.911. The van der Waals surface area contributed by atoms with Crippen LogP contribution in [0.2, 0.25) is 0 Å². The van der Waals surface area contributed by atoms with E-state index < -0.39 is 0 Å². The fraction of sp³-hybridized carbons (Fsp3) is 0.545. The van der Waals surface area contributed by atoms with Crippen LogP contribution in [0.4, 0.5) is 0 Å². The summed E-state index contributed by atoms with van der Waals surface area (Å²) in [5.74, 6) is -1.02. The highest BCUT2D eigenvalue weighted by molar-refractivity contribution is 7.26. The molecule has 4 amide bonds. The third-order valence-corrected chi connectivity index (χ3v) is 26.3. The van der Waals surface area contributed by atoms with E-state index in [0.717, 1.165) is 127 Å². The third-order valence-electron chi connectivity index (χ3n) is 21.4. The van der Waals surface area contributed by atoms with Gasteiger partial charge >= 0.3 is 0 Å². The number of carbonyl (C=O) groups is 4. The Bertz CT molecular complexity index is 3560. The lowest BCUT2D eigenvalue weighted by atomic mass is 9.80. The van der Waals surface area contributed by atoms with Gasteiger partial charge in [-0.05, 0) is 134 Å². The van der Waals surface area contributed by atoms with Gasteiger partial charge in [0.2, 0.25) is 0 Å². The minimum atomic E-state index is -0.326. The van der Waals surface area contributed by atoms with Crippen molar-refractivity contribution in [3.8, 4) is 61.3 Å². The molecule has 2 aromatic carbocycles. The van der Waals surface area contributed by atoms with Crippen LogP contribution in [-0.2, 0) is 0 Å². The van der Waals surface area contributed by atoms with E-state index in [1.807, 2.05) is 61.2 Å². The Labute approximate surface area is 617 Å². The van der Waals surface area contributed by atoms with Crippen LogP contribution in [0, 0.1) is 11.8 Å². The summed E-state index contributed by atoms with van der Waals surface area (Å²) < 4.78 is 0. The van der Waals surface area contributed by atoms with Crippen molar-refractivity contribution in [3.05, 3.63) is 132 Å². The molecule has 2 unspecified atom stereocenters. The zero-order chi connectivity index (χ0) is 69.7. The van der Waals surface area contributed by atoms with Gasteiger partial charge in [-0.15, -0.1) is 45.3 Å². The third kappa shape index (κ3) is 21.1. The summed E-state index contributed by atoms with van der Waals surface area (Å²) in [6.07, 6.45) is 55.8. The van der Waals surface area contributed by atoms with E-state index in [0.29, 0.717) is 57.2 Å². The van der Waals surface area contributed by atoms with Crippen LogP contribution in [0.15, 0.2) is 110 Å². The van der Waals surface area contributed by atoms with Crippen molar-refractivity contribution in [1.82, 2.24) is 19.8 Å². The molecule has 8 nitrogen and oxygen atoms in total. The Morgan fingerprint density at radius 3 is 0.800 bits per heavy atom. The molecular weight excluding hydrogens is 1310 g/mol.